The average Bonchev–Trinajstić information content (AvgIpc) is 2.92. The fraction of sp³-hybridized carbons (Fsp3) is 0.419. The maximum atomic E-state index is 12.1. The zero-order valence-corrected chi connectivity index (χ0v) is 24.9. The Morgan fingerprint density at radius 1 is 0.878 bits per heavy atom. The molecule has 2 aromatic rings. The van der Waals surface area contributed by atoms with E-state index in [2.05, 4.69) is 4.74 Å². The number of hydrogen-bond donors (Lipinski definition) is 0. The van der Waals surface area contributed by atoms with Crippen LogP contribution in [0.15, 0.2) is 48.5 Å². The Labute approximate surface area is 244 Å². The van der Waals surface area contributed by atoms with E-state index in [1.54, 1.807) is 12.3 Å². The third-order valence-electron chi connectivity index (χ3n) is 6.53. The lowest BCUT2D eigenvalue weighted by Gasteiger charge is -2.44. The van der Waals surface area contributed by atoms with Crippen LogP contribution in [0.5, 0.6) is 0 Å². The van der Waals surface area contributed by atoms with Crippen molar-refractivity contribution in [2.75, 3.05) is 13.4 Å². The van der Waals surface area contributed by atoms with Gasteiger partial charge in [-0.15, -0.1) is 11.8 Å². The van der Waals surface area contributed by atoms with Gasteiger partial charge in [0.2, 0.25) is 0 Å². The molecule has 1 aliphatic heterocycles. The molecule has 5 unspecified atom stereocenters. The topological polar surface area (TPSA) is 114 Å². The van der Waals surface area contributed by atoms with E-state index in [0.717, 1.165) is 27.8 Å². The van der Waals surface area contributed by atoms with Crippen LogP contribution in [0.2, 0.25) is 0 Å². The van der Waals surface area contributed by atoms with E-state index in [1.807, 2.05) is 55.5 Å². The largest absolute Gasteiger partial charge is 0.469 e. The zero-order valence-electron chi connectivity index (χ0n) is 24.1. The van der Waals surface area contributed by atoms with Crippen LogP contribution in [-0.2, 0) is 49.3 Å². The summed E-state index contributed by atoms with van der Waals surface area (Å²) in [5.74, 6) is -2.05. The quantitative estimate of drug-likeness (QED) is 0.287. The second-order valence-corrected chi connectivity index (χ2v) is 10.6. The number of ether oxygens (including phenoxy) is 5. The maximum absolute atomic E-state index is 12.1. The Morgan fingerprint density at radius 2 is 1.49 bits per heavy atom. The summed E-state index contributed by atoms with van der Waals surface area (Å²) in [6.07, 6.45) is 2.39. The first kappa shape index (κ1) is 31.9. The summed E-state index contributed by atoms with van der Waals surface area (Å²) in [4.78, 5) is 47.4. The van der Waals surface area contributed by atoms with Crippen molar-refractivity contribution in [3.05, 3.63) is 76.4 Å². The third kappa shape index (κ3) is 8.93. The lowest BCUT2D eigenvalue weighted by molar-refractivity contribution is -0.233. The van der Waals surface area contributed by atoms with E-state index in [-0.39, 0.29) is 12.4 Å². The number of thioether (sulfide) groups is 1. The molecule has 1 heterocycles. The highest BCUT2D eigenvalue weighted by atomic mass is 32.2. The van der Waals surface area contributed by atoms with Crippen molar-refractivity contribution in [1.29, 1.82) is 0 Å². The van der Waals surface area contributed by atoms with Crippen LogP contribution >= 0.6 is 11.8 Å². The summed E-state index contributed by atoms with van der Waals surface area (Å²) in [6.45, 7) is 5.78. The molecular formula is C31H36O9S. The maximum Gasteiger partial charge on any atom is 0.309 e. The standard InChI is InChI=1S/C31H36O9S/c1-18-10-15-24(17-25(18)16-23-13-11-22(12-14-23)8-7-9-26(35)36-5)27-28(37-19(2)32)29(38-20(3)33)30(39-21(4)34)31(40-27)41-6/h7-8,10-15,17,27-31H,9,16H2,1-6H3. The van der Waals surface area contributed by atoms with Crippen LogP contribution in [0.1, 0.15) is 61.1 Å². The van der Waals surface area contributed by atoms with Gasteiger partial charge in [-0.1, -0.05) is 54.6 Å². The van der Waals surface area contributed by atoms with E-state index in [9.17, 15) is 19.2 Å². The Bertz CT molecular complexity index is 1270. The van der Waals surface area contributed by atoms with E-state index in [1.165, 1.54) is 39.6 Å². The molecule has 0 spiro atoms. The molecule has 0 N–H and O–H groups in total. The minimum atomic E-state index is -1.07. The Balaban J connectivity index is 1.91. The molecule has 0 amide bonds. The highest BCUT2D eigenvalue weighted by molar-refractivity contribution is 7.99. The van der Waals surface area contributed by atoms with Crippen LogP contribution < -0.4 is 0 Å². The first-order valence-electron chi connectivity index (χ1n) is 13.1. The second kappa shape index (κ2) is 14.8. The summed E-state index contributed by atoms with van der Waals surface area (Å²) in [7, 11) is 1.36. The SMILES string of the molecule is COC(=O)CC=Cc1ccc(Cc2cc(C3OC(SC)C(OC(C)=O)C(OC(C)=O)C3OC(C)=O)ccc2C)cc1. The Kier molecular flexibility index (Phi) is 11.5. The molecule has 1 fully saturated rings. The number of hydrogen-bond acceptors (Lipinski definition) is 10. The van der Waals surface area contributed by atoms with Crippen LogP contribution in [0.4, 0.5) is 0 Å². The number of methoxy groups -OCH3 is 1. The predicted octanol–water partition coefficient (Wildman–Crippen LogP) is 4.72. The molecular weight excluding hydrogens is 548 g/mol. The number of carbonyl (C=O) groups excluding carboxylic acids is 4. The zero-order chi connectivity index (χ0) is 30.1. The van der Waals surface area contributed by atoms with Gasteiger partial charge in [-0.25, -0.2) is 0 Å². The average molecular weight is 585 g/mol. The van der Waals surface area contributed by atoms with Gasteiger partial charge < -0.3 is 23.7 Å². The predicted molar refractivity (Wildman–Crippen MR) is 154 cm³/mol. The fourth-order valence-corrected chi connectivity index (χ4v) is 5.34. The number of aryl methyl sites for hydroxylation is 1. The Hall–Kier alpha value is -3.63. The number of rotatable bonds is 10. The molecule has 0 aromatic heterocycles. The Morgan fingerprint density at radius 3 is 2.07 bits per heavy atom. The lowest BCUT2D eigenvalue weighted by atomic mass is 9.90. The van der Waals surface area contributed by atoms with Gasteiger partial charge in [0.25, 0.3) is 0 Å². The van der Waals surface area contributed by atoms with Gasteiger partial charge in [0.15, 0.2) is 18.3 Å². The smallest absolute Gasteiger partial charge is 0.309 e. The monoisotopic (exact) mass is 584 g/mol. The minimum Gasteiger partial charge on any atom is -0.469 e. The van der Waals surface area contributed by atoms with Crippen molar-refractivity contribution in [3.63, 3.8) is 0 Å². The molecule has 2 aromatic carbocycles. The van der Waals surface area contributed by atoms with Gasteiger partial charge >= 0.3 is 23.9 Å². The molecule has 1 aliphatic rings. The van der Waals surface area contributed by atoms with Crippen LogP contribution in [0.25, 0.3) is 6.08 Å². The summed E-state index contributed by atoms with van der Waals surface area (Å²) in [6, 6.07) is 13.9. The first-order chi connectivity index (χ1) is 19.5. The summed E-state index contributed by atoms with van der Waals surface area (Å²) in [5, 5.41) is 0. The molecule has 0 aliphatic carbocycles. The molecule has 0 radical (unpaired) electrons. The molecule has 5 atom stereocenters. The van der Waals surface area contributed by atoms with Gasteiger partial charge in [-0.3, -0.25) is 19.2 Å². The van der Waals surface area contributed by atoms with Gasteiger partial charge in [0.05, 0.1) is 13.5 Å². The third-order valence-corrected chi connectivity index (χ3v) is 7.38. The number of carbonyl (C=O) groups is 4. The van der Waals surface area contributed by atoms with Gasteiger partial charge in [0.1, 0.15) is 11.5 Å². The molecule has 1 saturated heterocycles. The van der Waals surface area contributed by atoms with Crippen LogP contribution in [0.3, 0.4) is 0 Å². The van der Waals surface area contributed by atoms with Crippen molar-refractivity contribution in [2.45, 2.75) is 70.4 Å². The first-order valence-corrected chi connectivity index (χ1v) is 14.4. The molecule has 220 valence electrons. The molecule has 0 bridgehead atoms. The van der Waals surface area contributed by atoms with Crippen LogP contribution in [-0.4, -0.2) is 61.0 Å². The van der Waals surface area contributed by atoms with Crippen molar-refractivity contribution in [2.24, 2.45) is 0 Å². The summed E-state index contributed by atoms with van der Waals surface area (Å²) in [5.41, 5.74) is 4.19. The van der Waals surface area contributed by atoms with Gasteiger partial charge in [0, 0.05) is 20.8 Å². The van der Waals surface area contributed by atoms with E-state index < -0.39 is 47.8 Å². The fourth-order valence-electron chi connectivity index (χ4n) is 4.63. The van der Waals surface area contributed by atoms with Crippen molar-refractivity contribution in [1.82, 2.24) is 0 Å². The number of esters is 4. The van der Waals surface area contributed by atoms with Crippen molar-refractivity contribution < 1.29 is 42.9 Å². The highest BCUT2D eigenvalue weighted by Gasteiger charge is 2.52. The lowest BCUT2D eigenvalue weighted by Crippen LogP contribution is -2.57. The van der Waals surface area contributed by atoms with Crippen LogP contribution in [0, 0.1) is 6.92 Å². The van der Waals surface area contributed by atoms with Crippen molar-refractivity contribution >= 4 is 41.7 Å². The van der Waals surface area contributed by atoms with E-state index in [4.69, 9.17) is 18.9 Å². The molecule has 10 heteroatoms. The van der Waals surface area contributed by atoms with Gasteiger partial charge in [-0.05, 0) is 47.4 Å². The highest BCUT2D eigenvalue weighted by Crippen LogP contribution is 2.40. The second-order valence-electron chi connectivity index (χ2n) is 9.67. The minimum absolute atomic E-state index is 0.207. The molecule has 3 rings (SSSR count). The summed E-state index contributed by atoms with van der Waals surface area (Å²) >= 11 is 1.30. The van der Waals surface area contributed by atoms with Gasteiger partial charge in [-0.2, -0.15) is 0 Å². The van der Waals surface area contributed by atoms with E-state index >= 15 is 0 Å². The normalized spacial score (nSPS) is 22.1. The van der Waals surface area contributed by atoms with Crippen molar-refractivity contribution in [3.8, 4) is 0 Å². The molecule has 41 heavy (non-hydrogen) atoms. The number of benzene rings is 2. The molecule has 0 saturated carbocycles. The molecule has 9 nitrogen and oxygen atoms in total. The summed E-state index contributed by atoms with van der Waals surface area (Å²) < 4.78 is 27.8. The van der Waals surface area contributed by atoms with E-state index in [0.29, 0.717) is 6.42 Å².